The molecule has 0 aliphatic heterocycles. The highest BCUT2D eigenvalue weighted by molar-refractivity contribution is 5.85. The first-order valence-electron chi connectivity index (χ1n) is 3.40. The summed E-state index contributed by atoms with van der Waals surface area (Å²) < 4.78 is 0. The fourth-order valence-electron chi connectivity index (χ4n) is 1.16. The van der Waals surface area contributed by atoms with Crippen molar-refractivity contribution in [2.24, 2.45) is 17.2 Å². The van der Waals surface area contributed by atoms with E-state index in [2.05, 4.69) is 0 Å². The Bertz CT molecular complexity index is 210. The summed E-state index contributed by atoms with van der Waals surface area (Å²) in [4.78, 5) is 0. The van der Waals surface area contributed by atoms with Gasteiger partial charge < -0.3 is 22.3 Å². The second-order valence-corrected chi connectivity index (χ2v) is 2.89. The maximum atomic E-state index is 8.86. The third-order valence-electron chi connectivity index (χ3n) is 1.59. The molecule has 4 nitrogen and oxygen atoms in total. The molecule has 13 heavy (non-hydrogen) atoms. The van der Waals surface area contributed by atoms with Crippen LogP contribution in [0.25, 0.3) is 0 Å². The minimum atomic E-state index is -0.855. The molecule has 0 spiro atoms. The largest absolute Gasteiger partial charge is 0.402 e. The van der Waals surface area contributed by atoms with Gasteiger partial charge >= 0.3 is 0 Å². The van der Waals surface area contributed by atoms with Gasteiger partial charge in [0, 0.05) is 17.8 Å². The third-order valence-corrected chi connectivity index (χ3v) is 1.59. The van der Waals surface area contributed by atoms with Crippen LogP contribution < -0.4 is 17.2 Å². The molecule has 1 rings (SSSR count). The van der Waals surface area contributed by atoms with E-state index in [0.29, 0.717) is 17.8 Å². The van der Waals surface area contributed by atoms with Crippen molar-refractivity contribution >= 4 is 24.8 Å². The van der Waals surface area contributed by atoms with E-state index >= 15 is 0 Å². The molecule has 0 saturated heterocycles. The van der Waals surface area contributed by atoms with Crippen molar-refractivity contribution in [3.63, 3.8) is 0 Å². The molecule has 0 amide bonds. The Morgan fingerprint density at radius 3 is 1.92 bits per heavy atom. The molecule has 0 unspecified atom stereocenters. The second-order valence-electron chi connectivity index (χ2n) is 2.89. The van der Waals surface area contributed by atoms with Gasteiger partial charge in [0.15, 0.2) is 0 Å². The van der Waals surface area contributed by atoms with Crippen molar-refractivity contribution in [3.05, 3.63) is 23.5 Å². The topological polar surface area (TPSA) is 98.3 Å². The minimum Gasteiger partial charge on any atom is -0.402 e. The lowest BCUT2D eigenvalue weighted by Gasteiger charge is -2.24. The molecule has 0 radical (unpaired) electrons. The quantitative estimate of drug-likeness (QED) is 0.491. The standard InChI is InChI=1S/C7H13N3O.2ClH/c8-5-1-6(9)3-7(10,2-5)4-11;;/h2-3,11H,1,4,8-10H2;2*1H. The molecule has 0 fully saturated rings. The molecule has 0 saturated carbocycles. The van der Waals surface area contributed by atoms with Crippen molar-refractivity contribution in [2.45, 2.75) is 12.0 Å². The number of hydrogen-bond donors (Lipinski definition) is 4. The fourth-order valence-corrected chi connectivity index (χ4v) is 1.16. The molecule has 0 heterocycles. The molecular weight excluding hydrogens is 213 g/mol. The average Bonchev–Trinajstić information content (AvgIpc) is 1.84. The molecule has 6 heteroatoms. The Morgan fingerprint density at radius 2 is 1.62 bits per heavy atom. The van der Waals surface area contributed by atoms with Crippen LogP contribution in [0.2, 0.25) is 0 Å². The fraction of sp³-hybridized carbons (Fsp3) is 0.429. The van der Waals surface area contributed by atoms with Crippen molar-refractivity contribution in [2.75, 3.05) is 6.61 Å². The predicted octanol–water partition coefficient (Wildman–Crippen LogP) is -0.391. The second kappa shape index (κ2) is 5.34. The molecule has 1 aliphatic carbocycles. The summed E-state index contributed by atoms with van der Waals surface area (Å²) in [5, 5.41) is 8.86. The molecule has 7 N–H and O–H groups in total. The third kappa shape index (κ3) is 3.87. The van der Waals surface area contributed by atoms with Crippen LogP contribution in [-0.2, 0) is 0 Å². The molecule has 78 valence electrons. The first kappa shape index (κ1) is 15.1. The number of aliphatic hydroxyl groups is 1. The molecule has 1 aliphatic rings. The Balaban J connectivity index is 0. The van der Waals surface area contributed by atoms with E-state index in [0.717, 1.165) is 0 Å². The summed E-state index contributed by atoms with van der Waals surface area (Å²) in [5.41, 5.74) is 17.1. The highest BCUT2D eigenvalue weighted by Gasteiger charge is 2.22. The van der Waals surface area contributed by atoms with Gasteiger partial charge in [-0.05, 0) is 12.2 Å². The van der Waals surface area contributed by atoms with Gasteiger partial charge in [-0.3, -0.25) is 0 Å². The summed E-state index contributed by atoms with van der Waals surface area (Å²) >= 11 is 0. The Labute approximate surface area is 89.7 Å². The molecule has 0 bridgehead atoms. The maximum absolute atomic E-state index is 8.86. The lowest BCUT2D eigenvalue weighted by molar-refractivity contribution is 0.251. The van der Waals surface area contributed by atoms with Gasteiger partial charge in [0.05, 0.1) is 12.1 Å². The summed E-state index contributed by atoms with van der Waals surface area (Å²) in [6.45, 7) is -0.172. The number of nitrogens with two attached hydrogens (primary N) is 3. The zero-order chi connectivity index (χ0) is 8.48. The summed E-state index contributed by atoms with van der Waals surface area (Å²) in [6, 6.07) is 0. The van der Waals surface area contributed by atoms with Crippen LogP contribution >= 0.6 is 24.8 Å². The highest BCUT2D eigenvalue weighted by atomic mass is 35.5. The van der Waals surface area contributed by atoms with E-state index < -0.39 is 5.54 Å². The zero-order valence-corrected chi connectivity index (χ0v) is 8.70. The normalized spacial score (nSPS) is 18.9. The molecule has 0 atom stereocenters. The van der Waals surface area contributed by atoms with Crippen LogP contribution in [0.1, 0.15) is 6.42 Å². The molecule has 0 aromatic heterocycles. The van der Waals surface area contributed by atoms with E-state index in [1.165, 1.54) is 0 Å². The van der Waals surface area contributed by atoms with Gasteiger partial charge in [-0.1, -0.05) is 0 Å². The van der Waals surface area contributed by atoms with Crippen LogP contribution in [-0.4, -0.2) is 17.3 Å². The van der Waals surface area contributed by atoms with Crippen LogP contribution in [0.5, 0.6) is 0 Å². The van der Waals surface area contributed by atoms with Crippen molar-refractivity contribution in [1.29, 1.82) is 0 Å². The van der Waals surface area contributed by atoms with E-state index in [-0.39, 0.29) is 31.4 Å². The van der Waals surface area contributed by atoms with Gasteiger partial charge in [-0.15, -0.1) is 24.8 Å². The Kier molecular flexibility index (Phi) is 6.19. The van der Waals surface area contributed by atoms with Crippen LogP contribution in [0.3, 0.4) is 0 Å². The first-order chi connectivity index (χ1) is 5.06. The molecular formula is C7H15Cl2N3O. The summed E-state index contributed by atoms with van der Waals surface area (Å²) in [6.07, 6.45) is 3.80. The maximum Gasteiger partial charge on any atom is 0.0799 e. The average molecular weight is 228 g/mol. The van der Waals surface area contributed by atoms with Crippen molar-refractivity contribution < 1.29 is 5.11 Å². The van der Waals surface area contributed by atoms with Gasteiger partial charge in [0.2, 0.25) is 0 Å². The summed E-state index contributed by atoms with van der Waals surface area (Å²) in [7, 11) is 0. The minimum absolute atomic E-state index is 0. The monoisotopic (exact) mass is 227 g/mol. The van der Waals surface area contributed by atoms with Gasteiger partial charge in [-0.25, -0.2) is 0 Å². The highest BCUT2D eigenvalue weighted by Crippen LogP contribution is 2.17. The Morgan fingerprint density at radius 1 is 1.23 bits per heavy atom. The molecule has 0 aromatic rings. The van der Waals surface area contributed by atoms with Gasteiger partial charge in [0.1, 0.15) is 0 Å². The van der Waals surface area contributed by atoms with Crippen molar-refractivity contribution in [1.82, 2.24) is 0 Å². The van der Waals surface area contributed by atoms with Crippen molar-refractivity contribution in [3.8, 4) is 0 Å². The predicted molar refractivity (Wildman–Crippen MR) is 57.7 cm³/mol. The van der Waals surface area contributed by atoms with E-state index in [1.54, 1.807) is 12.2 Å². The van der Waals surface area contributed by atoms with Crippen LogP contribution in [0.4, 0.5) is 0 Å². The van der Waals surface area contributed by atoms with Gasteiger partial charge in [-0.2, -0.15) is 0 Å². The van der Waals surface area contributed by atoms with Crippen LogP contribution in [0.15, 0.2) is 23.5 Å². The number of hydrogen-bond acceptors (Lipinski definition) is 4. The van der Waals surface area contributed by atoms with Crippen LogP contribution in [0, 0.1) is 0 Å². The number of halogens is 2. The lowest BCUT2D eigenvalue weighted by atomic mass is 9.93. The van der Waals surface area contributed by atoms with E-state index in [1.807, 2.05) is 0 Å². The van der Waals surface area contributed by atoms with E-state index in [4.69, 9.17) is 22.3 Å². The Hall–Kier alpha value is -0.420. The smallest absolute Gasteiger partial charge is 0.0799 e. The summed E-state index contributed by atoms with van der Waals surface area (Å²) in [5.74, 6) is 0. The van der Waals surface area contributed by atoms with Gasteiger partial charge in [0.25, 0.3) is 0 Å². The number of rotatable bonds is 1. The lowest BCUT2D eigenvalue weighted by Crippen LogP contribution is -2.43. The van der Waals surface area contributed by atoms with E-state index in [9.17, 15) is 0 Å². The zero-order valence-electron chi connectivity index (χ0n) is 7.06. The SMILES string of the molecule is Cl.Cl.NC1=CC(N)(CO)C=C(N)C1. The first-order valence-corrected chi connectivity index (χ1v) is 3.40. The number of aliphatic hydroxyl groups excluding tert-OH is 1. The molecule has 0 aromatic carbocycles.